The molecule has 4 rings (SSSR count). The second-order valence-electron chi connectivity index (χ2n) is 7.29. The fourth-order valence-electron chi connectivity index (χ4n) is 4.02. The lowest BCUT2D eigenvalue weighted by Crippen LogP contribution is -2.24. The van der Waals surface area contributed by atoms with Crippen LogP contribution in [0.15, 0.2) is 36.4 Å². The van der Waals surface area contributed by atoms with Crippen LogP contribution < -0.4 is 10.2 Å². The Morgan fingerprint density at radius 1 is 0.962 bits per heavy atom. The molecule has 0 radical (unpaired) electrons. The van der Waals surface area contributed by atoms with E-state index in [-0.39, 0.29) is 11.8 Å². The fourth-order valence-corrected chi connectivity index (χ4v) is 4.02. The van der Waals surface area contributed by atoms with Crippen LogP contribution in [-0.4, -0.2) is 18.4 Å². The van der Waals surface area contributed by atoms with Gasteiger partial charge >= 0.3 is 0 Å². The van der Waals surface area contributed by atoms with Crippen LogP contribution in [-0.2, 0) is 17.6 Å². The van der Waals surface area contributed by atoms with Gasteiger partial charge < -0.3 is 10.2 Å². The number of amides is 2. The smallest absolute Gasteiger partial charge is 0.255 e. The van der Waals surface area contributed by atoms with Gasteiger partial charge in [-0.25, -0.2) is 0 Å². The summed E-state index contributed by atoms with van der Waals surface area (Å²) in [7, 11) is 0. The summed E-state index contributed by atoms with van der Waals surface area (Å²) in [5.41, 5.74) is 6.11. The molecule has 0 spiro atoms. The van der Waals surface area contributed by atoms with Gasteiger partial charge in [0.1, 0.15) is 0 Å². The summed E-state index contributed by atoms with van der Waals surface area (Å²) in [5, 5.41) is 2.99. The Labute approximate surface area is 154 Å². The van der Waals surface area contributed by atoms with Gasteiger partial charge in [0.05, 0.1) is 0 Å². The number of hydrogen-bond donors (Lipinski definition) is 1. The molecular weight excluding hydrogens is 324 g/mol. The molecule has 4 nitrogen and oxygen atoms in total. The van der Waals surface area contributed by atoms with Crippen LogP contribution in [0, 0.1) is 6.92 Å². The summed E-state index contributed by atoms with van der Waals surface area (Å²) in [5.74, 6) is 0.0988. The van der Waals surface area contributed by atoms with E-state index in [9.17, 15) is 9.59 Å². The first-order valence-electron chi connectivity index (χ1n) is 9.46. The van der Waals surface area contributed by atoms with E-state index in [1.165, 1.54) is 24.0 Å². The van der Waals surface area contributed by atoms with Crippen molar-refractivity contribution in [1.29, 1.82) is 0 Å². The highest BCUT2D eigenvalue weighted by atomic mass is 16.2. The van der Waals surface area contributed by atoms with E-state index in [0.29, 0.717) is 12.0 Å². The zero-order valence-corrected chi connectivity index (χ0v) is 15.2. The highest BCUT2D eigenvalue weighted by Gasteiger charge is 2.23. The zero-order valence-electron chi connectivity index (χ0n) is 15.2. The van der Waals surface area contributed by atoms with E-state index < -0.39 is 0 Å². The molecule has 0 bridgehead atoms. The molecular formula is C22H24N2O2. The molecule has 0 aromatic heterocycles. The molecule has 0 unspecified atom stereocenters. The van der Waals surface area contributed by atoms with Crippen molar-refractivity contribution < 1.29 is 9.59 Å². The van der Waals surface area contributed by atoms with Crippen LogP contribution in [0.1, 0.15) is 52.7 Å². The van der Waals surface area contributed by atoms with Gasteiger partial charge in [-0.15, -0.1) is 0 Å². The predicted molar refractivity (Wildman–Crippen MR) is 104 cm³/mol. The second kappa shape index (κ2) is 6.94. The molecule has 2 aliphatic rings. The van der Waals surface area contributed by atoms with E-state index in [2.05, 4.69) is 11.4 Å². The normalized spacial score (nSPS) is 16.5. The average Bonchev–Trinajstić information content (AvgIpc) is 3.07. The number of anilines is 2. The number of benzene rings is 2. The largest absolute Gasteiger partial charge is 0.322 e. The number of nitrogens with zero attached hydrogens (tertiary/aromatic N) is 1. The maximum atomic E-state index is 12.6. The summed E-state index contributed by atoms with van der Waals surface area (Å²) in [6.45, 7) is 2.76. The lowest BCUT2D eigenvalue weighted by Gasteiger charge is -2.19. The number of rotatable bonds is 3. The van der Waals surface area contributed by atoms with Crippen LogP contribution >= 0.6 is 0 Å². The van der Waals surface area contributed by atoms with Crippen LogP contribution in [0.25, 0.3) is 0 Å². The maximum Gasteiger partial charge on any atom is 0.255 e. The van der Waals surface area contributed by atoms with Crippen LogP contribution in [0.5, 0.6) is 0 Å². The molecule has 2 aromatic carbocycles. The maximum absolute atomic E-state index is 12.6. The number of hydrogen-bond acceptors (Lipinski definition) is 2. The Kier molecular flexibility index (Phi) is 4.49. The third-order valence-corrected chi connectivity index (χ3v) is 5.43. The summed E-state index contributed by atoms with van der Waals surface area (Å²) in [6, 6.07) is 11.8. The molecule has 1 fully saturated rings. The van der Waals surface area contributed by atoms with Crippen molar-refractivity contribution in [2.45, 2.75) is 45.4 Å². The quantitative estimate of drug-likeness (QED) is 0.901. The van der Waals surface area contributed by atoms with Gasteiger partial charge in [0.2, 0.25) is 5.91 Å². The van der Waals surface area contributed by atoms with E-state index in [1.807, 2.05) is 42.2 Å². The molecule has 2 amide bonds. The third kappa shape index (κ3) is 3.24. The van der Waals surface area contributed by atoms with Crippen LogP contribution in [0.4, 0.5) is 11.4 Å². The fraction of sp³-hybridized carbons (Fsp3) is 0.364. The van der Waals surface area contributed by atoms with Gasteiger partial charge in [-0.3, -0.25) is 9.59 Å². The monoisotopic (exact) mass is 348 g/mol. The van der Waals surface area contributed by atoms with Crippen LogP contribution in [0.3, 0.4) is 0 Å². The van der Waals surface area contributed by atoms with Crippen molar-refractivity contribution >= 4 is 23.2 Å². The van der Waals surface area contributed by atoms with Gasteiger partial charge in [-0.05, 0) is 86.1 Å². The Bertz CT molecular complexity index is 872. The molecule has 1 aliphatic carbocycles. The van der Waals surface area contributed by atoms with Gasteiger partial charge in [0.25, 0.3) is 5.91 Å². The Morgan fingerprint density at radius 3 is 2.50 bits per heavy atom. The topological polar surface area (TPSA) is 49.4 Å². The molecule has 26 heavy (non-hydrogen) atoms. The van der Waals surface area contributed by atoms with E-state index in [1.54, 1.807) is 0 Å². The molecule has 134 valence electrons. The summed E-state index contributed by atoms with van der Waals surface area (Å²) in [4.78, 5) is 26.4. The third-order valence-electron chi connectivity index (χ3n) is 5.43. The van der Waals surface area contributed by atoms with Crippen molar-refractivity contribution in [3.63, 3.8) is 0 Å². The van der Waals surface area contributed by atoms with Gasteiger partial charge in [0.15, 0.2) is 0 Å². The first kappa shape index (κ1) is 16.8. The Hall–Kier alpha value is -2.62. The van der Waals surface area contributed by atoms with Crippen molar-refractivity contribution in [2.75, 3.05) is 16.8 Å². The van der Waals surface area contributed by atoms with Gasteiger partial charge in [-0.2, -0.15) is 0 Å². The number of carbonyl (C=O) groups excluding carboxylic acids is 2. The van der Waals surface area contributed by atoms with Gasteiger partial charge in [-0.1, -0.05) is 6.07 Å². The van der Waals surface area contributed by atoms with Crippen molar-refractivity contribution in [1.82, 2.24) is 0 Å². The standard InChI is InChI=1S/C22H24N2O2/c1-15-13-19(10-11-20(15)24-12-4-7-21(24)25)23-22(26)18-9-8-16-5-2-3-6-17(16)14-18/h8-11,13-14H,2-7,12H2,1H3,(H,23,26). The molecule has 1 heterocycles. The molecule has 4 heteroatoms. The van der Waals surface area contributed by atoms with E-state index in [0.717, 1.165) is 42.7 Å². The Morgan fingerprint density at radius 2 is 1.77 bits per heavy atom. The van der Waals surface area contributed by atoms with Crippen molar-refractivity contribution in [2.24, 2.45) is 0 Å². The first-order chi connectivity index (χ1) is 12.6. The van der Waals surface area contributed by atoms with Crippen LogP contribution in [0.2, 0.25) is 0 Å². The molecule has 1 aliphatic heterocycles. The highest BCUT2D eigenvalue weighted by molar-refractivity contribution is 6.05. The van der Waals surface area contributed by atoms with E-state index in [4.69, 9.17) is 0 Å². The second-order valence-corrected chi connectivity index (χ2v) is 7.29. The lowest BCUT2D eigenvalue weighted by atomic mass is 9.90. The zero-order chi connectivity index (χ0) is 18.1. The lowest BCUT2D eigenvalue weighted by molar-refractivity contribution is -0.117. The number of fused-ring (bicyclic) bond motifs is 1. The summed E-state index contributed by atoms with van der Waals surface area (Å²) < 4.78 is 0. The Balaban J connectivity index is 1.51. The molecule has 1 saturated heterocycles. The van der Waals surface area contributed by atoms with Crippen molar-refractivity contribution in [3.8, 4) is 0 Å². The van der Waals surface area contributed by atoms with Crippen molar-refractivity contribution in [3.05, 3.63) is 58.7 Å². The number of aryl methyl sites for hydroxylation is 3. The molecule has 0 atom stereocenters. The average molecular weight is 348 g/mol. The summed E-state index contributed by atoms with van der Waals surface area (Å²) >= 11 is 0. The first-order valence-corrected chi connectivity index (χ1v) is 9.46. The minimum Gasteiger partial charge on any atom is -0.322 e. The number of carbonyl (C=O) groups is 2. The SMILES string of the molecule is Cc1cc(NC(=O)c2ccc3c(c2)CCCC3)ccc1N1CCCC1=O. The van der Waals surface area contributed by atoms with Gasteiger partial charge in [0, 0.05) is 29.9 Å². The highest BCUT2D eigenvalue weighted by Crippen LogP contribution is 2.28. The minimum atomic E-state index is -0.0808. The predicted octanol–water partition coefficient (Wildman–Crippen LogP) is 4.25. The molecule has 0 saturated carbocycles. The van der Waals surface area contributed by atoms with E-state index >= 15 is 0 Å². The molecule has 1 N–H and O–H groups in total. The molecule has 2 aromatic rings. The minimum absolute atomic E-state index is 0.0808. The summed E-state index contributed by atoms with van der Waals surface area (Å²) in [6.07, 6.45) is 6.16. The number of nitrogens with one attached hydrogen (secondary N) is 1.